The maximum atomic E-state index is 10.9. The third kappa shape index (κ3) is 1.59. The van der Waals surface area contributed by atoms with Crippen LogP contribution in [-0.4, -0.2) is 29.7 Å². The van der Waals surface area contributed by atoms with E-state index in [1.807, 2.05) is 0 Å². The van der Waals surface area contributed by atoms with E-state index in [1.165, 1.54) is 6.92 Å². The number of aldehydes is 1. The lowest BCUT2D eigenvalue weighted by atomic mass is 10.1. The molecule has 0 spiro atoms. The van der Waals surface area contributed by atoms with Crippen LogP contribution in [0.2, 0.25) is 0 Å². The van der Waals surface area contributed by atoms with Gasteiger partial charge in [0.05, 0.1) is 6.04 Å². The van der Waals surface area contributed by atoms with Crippen LogP contribution in [0, 0.1) is 5.92 Å². The van der Waals surface area contributed by atoms with Crippen LogP contribution < -0.4 is 0 Å². The molecule has 0 aromatic heterocycles. The van der Waals surface area contributed by atoms with Crippen molar-refractivity contribution < 1.29 is 9.59 Å². The van der Waals surface area contributed by atoms with Gasteiger partial charge in [-0.15, -0.1) is 0 Å². The number of carbonyl (C=O) groups excluding carboxylic acids is 2. The molecule has 11 heavy (non-hydrogen) atoms. The first-order valence-corrected chi connectivity index (χ1v) is 3.87. The molecule has 0 unspecified atom stereocenters. The minimum Gasteiger partial charge on any atom is -0.333 e. The second kappa shape index (κ2) is 3.03. The van der Waals surface area contributed by atoms with Crippen LogP contribution in [0.15, 0.2) is 0 Å². The van der Waals surface area contributed by atoms with E-state index in [4.69, 9.17) is 0 Å². The van der Waals surface area contributed by atoms with Gasteiger partial charge in [-0.05, 0) is 12.3 Å². The summed E-state index contributed by atoms with van der Waals surface area (Å²) < 4.78 is 0. The number of hydrogen-bond donors (Lipinski definition) is 0. The van der Waals surface area contributed by atoms with Crippen molar-refractivity contribution in [3.63, 3.8) is 0 Å². The maximum Gasteiger partial charge on any atom is 0.220 e. The van der Waals surface area contributed by atoms with Crippen molar-refractivity contribution in [3.05, 3.63) is 0 Å². The average molecular weight is 155 g/mol. The van der Waals surface area contributed by atoms with E-state index < -0.39 is 0 Å². The van der Waals surface area contributed by atoms with Crippen molar-refractivity contribution in [3.8, 4) is 0 Å². The van der Waals surface area contributed by atoms with E-state index in [-0.39, 0.29) is 11.9 Å². The molecule has 0 radical (unpaired) electrons. The maximum absolute atomic E-state index is 10.9. The summed E-state index contributed by atoms with van der Waals surface area (Å²) in [5.41, 5.74) is 0. The fourth-order valence-corrected chi connectivity index (χ4v) is 1.58. The molecule has 1 aliphatic heterocycles. The topological polar surface area (TPSA) is 37.4 Å². The molecule has 1 heterocycles. The van der Waals surface area contributed by atoms with E-state index in [9.17, 15) is 9.59 Å². The Labute approximate surface area is 66.4 Å². The van der Waals surface area contributed by atoms with Gasteiger partial charge in [0.1, 0.15) is 6.29 Å². The second-order valence-corrected chi connectivity index (χ2v) is 3.22. The van der Waals surface area contributed by atoms with Gasteiger partial charge in [-0.1, -0.05) is 6.92 Å². The molecule has 1 rings (SSSR count). The zero-order chi connectivity index (χ0) is 8.43. The fourth-order valence-electron chi connectivity index (χ4n) is 1.58. The molecular weight excluding hydrogens is 142 g/mol. The first-order valence-electron chi connectivity index (χ1n) is 3.87. The van der Waals surface area contributed by atoms with Crippen molar-refractivity contribution in [2.45, 2.75) is 26.3 Å². The van der Waals surface area contributed by atoms with Crippen molar-refractivity contribution in [1.29, 1.82) is 0 Å². The Hall–Kier alpha value is -0.860. The van der Waals surface area contributed by atoms with Crippen LogP contribution >= 0.6 is 0 Å². The molecule has 0 aliphatic carbocycles. The highest BCUT2D eigenvalue weighted by atomic mass is 16.2. The number of hydrogen-bond acceptors (Lipinski definition) is 2. The lowest BCUT2D eigenvalue weighted by Gasteiger charge is -2.17. The first kappa shape index (κ1) is 8.24. The van der Waals surface area contributed by atoms with Gasteiger partial charge >= 0.3 is 0 Å². The summed E-state index contributed by atoms with van der Waals surface area (Å²) in [6.07, 6.45) is 1.69. The van der Waals surface area contributed by atoms with E-state index >= 15 is 0 Å². The Bertz CT molecular complexity index is 179. The Morgan fingerprint density at radius 2 is 2.27 bits per heavy atom. The number of amides is 1. The average Bonchev–Trinajstić information content (AvgIpc) is 2.30. The van der Waals surface area contributed by atoms with Crippen molar-refractivity contribution in [2.75, 3.05) is 6.54 Å². The fraction of sp³-hybridized carbons (Fsp3) is 0.750. The van der Waals surface area contributed by atoms with Gasteiger partial charge in [-0.3, -0.25) is 4.79 Å². The smallest absolute Gasteiger partial charge is 0.220 e. The highest BCUT2D eigenvalue weighted by molar-refractivity contribution is 5.78. The summed E-state index contributed by atoms with van der Waals surface area (Å²) in [4.78, 5) is 23.0. The van der Waals surface area contributed by atoms with Gasteiger partial charge in [-0.25, -0.2) is 0 Å². The number of carbonyl (C=O) groups is 2. The van der Waals surface area contributed by atoms with Gasteiger partial charge in [-0.2, -0.15) is 0 Å². The highest BCUT2D eigenvalue weighted by Gasteiger charge is 2.30. The monoisotopic (exact) mass is 155 g/mol. The SMILES string of the molecule is CC(=O)N1C[C@H](C)C[C@H]1C=O. The zero-order valence-electron chi connectivity index (χ0n) is 6.91. The summed E-state index contributed by atoms with van der Waals surface area (Å²) in [6.45, 7) is 4.30. The van der Waals surface area contributed by atoms with Crippen LogP contribution in [-0.2, 0) is 9.59 Å². The Kier molecular flexibility index (Phi) is 2.27. The standard InChI is InChI=1S/C8H13NO2/c1-6-3-8(5-10)9(4-6)7(2)11/h5-6,8H,3-4H2,1-2H3/t6-,8+/m1/s1. The molecular formula is C8H13NO2. The van der Waals surface area contributed by atoms with E-state index in [0.717, 1.165) is 19.3 Å². The Morgan fingerprint density at radius 3 is 2.64 bits per heavy atom. The van der Waals surface area contributed by atoms with Crippen LogP contribution in [0.1, 0.15) is 20.3 Å². The number of nitrogens with zero attached hydrogens (tertiary/aromatic N) is 1. The molecule has 0 saturated carbocycles. The lowest BCUT2D eigenvalue weighted by Crippen LogP contribution is -2.34. The van der Waals surface area contributed by atoms with Gasteiger partial charge < -0.3 is 9.69 Å². The summed E-state index contributed by atoms with van der Waals surface area (Å²) in [7, 11) is 0. The molecule has 0 aromatic carbocycles. The predicted molar refractivity (Wildman–Crippen MR) is 41.0 cm³/mol. The van der Waals surface area contributed by atoms with Crippen LogP contribution in [0.4, 0.5) is 0 Å². The Balaban J connectivity index is 2.64. The molecule has 3 nitrogen and oxygen atoms in total. The second-order valence-electron chi connectivity index (χ2n) is 3.22. The van der Waals surface area contributed by atoms with Crippen molar-refractivity contribution >= 4 is 12.2 Å². The largest absolute Gasteiger partial charge is 0.333 e. The van der Waals surface area contributed by atoms with Gasteiger partial charge in [0.25, 0.3) is 0 Å². The molecule has 2 atom stereocenters. The predicted octanol–water partition coefficient (Wildman–Crippen LogP) is 0.442. The van der Waals surface area contributed by atoms with Crippen molar-refractivity contribution in [2.24, 2.45) is 5.92 Å². The lowest BCUT2D eigenvalue weighted by molar-refractivity contribution is -0.132. The summed E-state index contributed by atoms with van der Waals surface area (Å²) in [5, 5.41) is 0. The number of likely N-dealkylation sites (tertiary alicyclic amines) is 1. The van der Waals surface area contributed by atoms with Gasteiger partial charge in [0, 0.05) is 13.5 Å². The van der Waals surface area contributed by atoms with Gasteiger partial charge in [0.2, 0.25) is 5.91 Å². The minimum absolute atomic E-state index is 0.00597. The molecule has 0 N–H and O–H groups in total. The molecule has 0 bridgehead atoms. The van der Waals surface area contributed by atoms with Crippen molar-refractivity contribution in [1.82, 2.24) is 4.90 Å². The summed E-state index contributed by atoms with van der Waals surface area (Å²) >= 11 is 0. The summed E-state index contributed by atoms with van der Waals surface area (Å²) in [6, 6.07) is -0.164. The van der Waals surface area contributed by atoms with E-state index in [2.05, 4.69) is 6.92 Å². The molecule has 1 amide bonds. The molecule has 1 fully saturated rings. The van der Waals surface area contributed by atoms with Crippen LogP contribution in [0.25, 0.3) is 0 Å². The highest BCUT2D eigenvalue weighted by Crippen LogP contribution is 2.20. The summed E-state index contributed by atoms with van der Waals surface area (Å²) in [5.74, 6) is 0.473. The first-order chi connectivity index (χ1) is 5.15. The minimum atomic E-state index is -0.164. The third-order valence-electron chi connectivity index (χ3n) is 2.11. The number of rotatable bonds is 1. The molecule has 1 saturated heterocycles. The zero-order valence-corrected chi connectivity index (χ0v) is 6.91. The molecule has 62 valence electrons. The third-order valence-corrected chi connectivity index (χ3v) is 2.11. The van der Waals surface area contributed by atoms with Crippen LogP contribution in [0.5, 0.6) is 0 Å². The molecule has 3 heteroatoms. The Morgan fingerprint density at radius 1 is 1.64 bits per heavy atom. The normalized spacial score (nSPS) is 30.5. The van der Waals surface area contributed by atoms with Gasteiger partial charge in [0.15, 0.2) is 0 Å². The molecule has 0 aromatic rings. The van der Waals surface area contributed by atoms with Crippen LogP contribution in [0.3, 0.4) is 0 Å². The quantitative estimate of drug-likeness (QED) is 0.515. The van der Waals surface area contributed by atoms with E-state index in [1.54, 1.807) is 4.90 Å². The van der Waals surface area contributed by atoms with E-state index in [0.29, 0.717) is 5.92 Å². The molecule has 1 aliphatic rings.